The number of benzene rings is 2. The molecule has 2 aromatic carbocycles. The highest BCUT2D eigenvalue weighted by molar-refractivity contribution is 7.89. The third kappa shape index (κ3) is 5.26. The summed E-state index contributed by atoms with van der Waals surface area (Å²) >= 11 is 0. The summed E-state index contributed by atoms with van der Waals surface area (Å²) in [5, 5.41) is 3.26. The van der Waals surface area contributed by atoms with Crippen molar-refractivity contribution < 1.29 is 22.7 Å². The second kappa shape index (κ2) is 10.8. The van der Waals surface area contributed by atoms with Crippen LogP contribution in [-0.2, 0) is 26.0 Å². The Kier molecular flexibility index (Phi) is 8.01. The number of esters is 1. The van der Waals surface area contributed by atoms with Crippen molar-refractivity contribution in [3.8, 4) is 0 Å². The van der Waals surface area contributed by atoms with Crippen LogP contribution in [0.5, 0.6) is 0 Å². The van der Waals surface area contributed by atoms with Crippen LogP contribution in [0.3, 0.4) is 0 Å². The van der Waals surface area contributed by atoms with Gasteiger partial charge in [-0.05, 0) is 43.2 Å². The predicted molar refractivity (Wildman–Crippen MR) is 131 cm³/mol. The van der Waals surface area contributed by atoms with Gasteiger partial charge < -0.3 is 10.1 Å². The first kappa shape index (κ1) is 25.3. The maximum Gasteiger partial charge on any atom is 0.339 e. The molecule has 0 radical (unpaired) electrons. The first-order chi connectivity index (χ1) is 16.2. The highest BCUT2D eigenvalue weighted by Crippen LogP contribution is 2.24. The number of ether oxygens (including phenoxy) is 1. The van der Waals surface area contributed by atoms with E-state index in [9.17, 15) is 18.0 Å². The maximum atomic E-state index is 12.9. The Morgan fingerprint density at radius 3 is 2.41 bits per heavy atom. The molecular formula is C25H29N3O5S. The number of amides is 1. The summed E-state index contributed by atoms with van der Waals surface area (Å²) in [5.74, 6) is -1.18. The van der Waals surface area contributed by atoms with Gasteiger partial charge in [0.15, 0.2) is 6.61 Å². The van der Waals surface area contributed by atoms with Crippen LogP contribution >= 0.6 is 0 Å². The molecule has 1 aromatic heterocycles. The fourth-order valence-electron chi connectivity index (χ4n) is 3.81. The number of aromatic nitrogens is 1. The molecule has 0 aliphatic heterocycles. The van der Waals surface area contributed by atoms with Crippen LogP contribution in [-0.4, -0.2) is 49.3 Å². The zero-order valence-corrected chi connectivity index (χ0v) is 20.6. The third-order valence-corrected chi connectivity index (χ3v) is 7.62. The summed E-state index contributed by atoms with van der Waals surface area (Å²) in [6.45, 7) is 7.47. The van der Waals surface area contributed by atoms with E-state index in [1.807, 2.05) is 32.0 Å². The van der Waals surface area contributed by atoms with Gasteiger partial charge in [0.2, 0.25) is 10.0 Å². The molecule has 1 heterocycles. The Labute approximate surface area is 200 Å². The number of hydrogen-bond donors (Lipinski definition) is 1. The molecule has 0 saturated carbocycles. The van der Waals surface area contributed by atoms with Crippen LogP contribution in [0, 0.1) is 6.92 Å². The van der Waals surface area contributed by atoms with Gasteiger partial charge in [-0.15, -0.1) is 0 Å². The van der Waals surface area contributed by atoms with Crippen molar-refractivity contribution in [1.29, 1.82) is 0 Å². The SMILES string of the molecule is CCc1nc2ccccc2c(C(=O)OCC(=O)Nc2cccc(S(=O)(=O)N(CC)CC)c2)c1C. The van der Waals surface area contributed by atoms with E-state index in [4.69, 9.17) is 4.74 Å². The number of pyridine rings is 1. The lowest BCUT2D eigenvalue weighted by molar-refractivity contribution is -0.119. The summed E-state index contributed by atoms with van der Waals surface area (Å²) in [7, 11) is -3.66. The van der Waals surface area contributed by atoms with Crippen molar-refractivity contribution in [3.05, 3.63) is 65.4 Å². The number of para-hydroxylation sites is 1. The predicted octanol–water partition coefficient (Wildman–Crippen LogP) is 3.93. The minimum Gasteiger partial charge on any atom is -0.452 e. The molecule has 0 spiro atoms. The third-order valence-electron chi connectivity index (χ3n) is 5.57. The van der Waals surface area contributed by atoms with Crippen molar-refractivity contribution in [2.75, 3.05) is 25.0 Å². The molecule has 0 unspecified atom stereocenters. The van der Waals surface area contributed by atoms with Gasteiger partial charge in [-0.25, -0.2) is 13.2 Å². The van der Waals surface area contributed by atoms with Crippen molar-refractivity contribution >= 4 is 38.5 Å². The van der Waals surface area contributed by atoms with Crippen molar-refractivity contribution in [1.82, 2.24) is 9.29 Å². The van der Waals surface area contributed by atoms with E-state index in [1.165, 1.54) is 16.4 Å². The van der Waals surface area contributed by atoms with Crippen LogP contribution in [0.1, 0.15) is 42.4 Å². The van der Waals surface area contributed by atoms with Gasteiger partial charge in [0.05, 0.1) is 16.0 Å². The normalized spacial score (nSPS) is 11.6. The Bertz CT molecular complexity index is 1320. The largest absolute Gasteiger partial charge is 0.452 e. The monoisotopic (exact) mass is 483 g/mol. The molecule has 0 aliphatic rings. The molecule has 3 aromatic rings. The zero-order valence-electron chi connectivity index (χ0n) is 19.8. The number of sulfonamides is 1. The Morgan fingerprint density at radius 1 is 1.03 bits per heavy atom. The van der Waals surface area contributed by atoms with E-state index in [-0.39, 0.29) is 4.90 Å². The number of carbonyl (C=O) groups is 2. The molecule has 0 aliphatic carbocycles. The van der Waals surface area contributed by atoms with Gasteiger partial charge in [0.25, 0.3) is 5.91 Å². The second-order valence-corrected chi connectivity index (χ2v) is 9.61. The number of hydrogen-bond acceptors (Lipinski definition) is 6. The van der Waals surface area contributed by atoms with Gasteiger partial charge in [-0.3, -0.25) is 9.78 Å². The Hall–Kier alpha value is -3.30. The Morgan fingerprint density at radius 2 is 1.74 bits per heavy atom. The van der Waals surface area contributed by atoms with E-state index < -0.39 is 28.5 Å². The average molecular weight is 484 g/mol. The minimum atomic E-state index is -3.66. The molecule has 0 saturated heterocycles. The maximum absolute atomic E-state index is 12.9. The average Bonchev–Trinajstić information content (AvgIpc) is 2.83. The summed E-state index contributed by atoms with van der Waals surface area (Å²) in [4.78, 5) is 30.1. The number of fused-ring (bicyclic) bond motifs is 1. The first-order valence-electron chi connectivity index (χ1n) is 11.2. The molecule has 1 amide bonds. The molecule has 0 fully saturated rings. The standard InChI is InChI=1S/C25H29N3O5S/c1-5-21-17(4)24(20-13-8-9-14-22(20)27-21)25(30)33-16-23(29)26-18-11-10-12-19(15-18)34(31,32)28(6-2)7-3/h8-15H,5-7,16H2,1-4H3,(H,26,29). The highest BCUT2D eigenvalue weighted by atomic mass is 32.2. The zero-order chi connectivity index (χ0) is 24.9. The number of nitrogens with one attached hydrogen (secondary N) is 1. The summed E-state index contributed by atoms with van der Waals surface area (Å²) < 4.78 is 32.1. The van der Waals surface area contributed by atoms with Gasteiger partial charge in [0.1, 0.15) is 0 Å². The molecule has 1 N–H and O–H groups in total. The molecular weight excluding hydrogens is 454 g/mol. The van der Waals surface area contributed by atoms with E-state index >= 15 is 0 Å². The van der Waals surface area contributed by atoms with Crippen LogP contribution in [0.2, 0.25) is 0 Å². The lowest BCUT2D eigenvalue weighted by Gasteiger charge is -2.18. The molecule has 0 atom stereocenters. The number of carbonyl (C=O) groups excluding carboxylic acids is 2. The van der Waals surface area contributed by atoms with Crippen molar-refractivity contribution in [2.45, 2.75) is 39.0 Å². The fourth-order valence-corrected chi connectivity index (χ4v) is 5.32. The number of anilines is 1. The van der Waals surface area contributed by atoms with Crippen LogP contribution < -0.4 is 5.32 Å². The first-order valence-corrected chi connectivity index (χ1v) is 12.6. The van der Waals surface area contributed by atoms with Gasteiger partial charge in [-0.1, -0.05) is 45.0 Å². The van der Waals surface area contributed by atoms with E-state index in [2.05, 4.69) is 10.3 Å². The van der Waals surface area contributed by atoms with Crippen LogP contribution in [0.4, 0.5) is 5.69 Å². The molecule has 34 heavy (non-hydrogen) atoms. The number of nitrogens with zero attached hydrogens (tertiary/aromatic N) is 2. The highest BCUT2D eigenvalue weighted by Gasteiger charge is 2.22. The molecule has 9 heteroatoms. The van der Waals surface area contributed by atoms with Crippen LogP contribution in [0.15, 0.2) is 53.4 Å². The lowest BCUT2D eigenvalue weighted by Crippen LogP contribution is -2.30. The minimum absolute atomic E-state index is 0.0805. The topological polar surface area (TPSA) is 106 Å². The summed E-state index contributed by atoms with van der Waals surface area (Å²) in [6.07, 6.45) is 0.657. The molecule has 0 bridgehead atoms. The fraction of sp³-hybridized carbons (Fsp3) is 0.320. The van der Waals surface area contributed by atoms with Crippen LogP contribution in [0.25, 0.3) is 10.9 Å². The number of aryl methyl sites for hydroxylation is 1. The molecule has 3 rings (SSSR count). The summed E-state index contributed by atoms with van der Waals surface area (Å²) in [6, 6.07) is 13.3. The van der Waals surface area contributed by atoms with E-state index in [0.29, 0.717) is 41.7 Å². The van der Waals surface area contributed by atoms with Gasteiger partial charge in [-0.2, -0.15) is 4.31 Å². The van der Waals surface area contributed by atoms with Crippen molar-refractivity contribution in [3.63, 3.8) is 0 Å². The van der Waals surface area contributed by atoms with E-state index in [0.717, 1.165) is 11.3 Å². The smallest absolute Gasteiger partial charge is 0.339 e. The second-order valence-electron chi connectivity index (χ2n) is 7.67. The van der Waals surface area contributed by atoms with E-state index in [1.54, 1.807) is 32.0 Å². The lowest BCUT2D eigenvalue weighted by atomic mass is 10.0. The number of rotatable bonds is 9. The Balaban J connectivity index is 1.75. The summed E-state index contributed by atoms with van der Waals surface area (Å²) in [5.41, 5.74) is 2.89. The van der Waals surface area contributed by atoms with Gasteiger partial charge in [0, 0.05) is 29.9 Å². The molecule has 180 valence electrons. The van der Waals surface area contributed by atoms with Crippen molar-refractivity contribution in [2.24, 2.45) is 0 Å². The molecule has 8 nitrogen and oxygen atoms in total. The quantitative estimate of drug-likeness (QED) is 0.462. The van der Waals surface area contributed by atoms with Gasteiger partial charge >= 0.3 is 5.97 Å².